The number of hydrogen-bond donors (Lipinski definition) is 2. The molecule has 0 aliphatic carbocycles. The minimum absolute atomic E-state index is 0.0944. The van der Waals surface area contributed by atoms with Crippen molar-refractivity contribution in [2.24, 2.45) is 0 Å². The average Bonchev–Trinajstić information content (AvgIpc) is 2.55. The first-order valence-electron chi connectivity index (χ1n) is 7.57. The van der Waals surface area contributed by atoms with Crippen LogP contribution in [0.3, 0.4) is 0 Å². The van der Waals surface area contributed by atoms with Crippen LogP contribution in [0.5, 0.6) is 5.75 Å². The number of carbonyl (C=O) groups excluding carboxylic acids is 2. The van der Waals surface area contributed by atoms with E-state index in [0.717, 1.165) is 12.8 Å². The molecule has 0 radical (unpaired) electrons. The van der Waals surface area contributed by atoms with Crippen molar-refractivity contribution in [2.45, 2.75) is 32.2 Å². The molecule has 120 valence electrons. The van der Waals surface area contributed by atoms with Crippen LogP contribution in [0.1, 0.15) is 36.5 Å². The first kappa shape index (κ1) is 16.1. The largest absolute Gasteiger partial charge is 0.495 e. The Hall–Kier alpha value is -2.24. The number of anilines is 1. The summed E-state index contributed by atoms with van der Waals surface area (Å²) < 4.78 is 5.13. The predicted octanol–water partition coefficient (Wildman–Crippen LogP) is 1.41. The number of likely N-dealkylation sites (tertiary alicyclic amines) is 1. The van der Waals surface area contributed by atoms with E-state index in [-0.39, 0.29) is 17.9 Å². The van der Waals surface area contributed by atoms with Crippen LogP contribution in [0.15, 0.2) is 18.2 Å². The van der Waals surface area contributed by atoms with Gasteiger partial charge >= 0.3 is 0 Å². The van der Waals surface area contributed by atoms with Gasteiger partial charge in [-0.15, -0.1) is 0 Å². The average molecular weight is 305 g/mol. The Morgan fingerprint density at radius 3 is 2.64 bits per heavy atom. The molecule has 1 fully saturated rings. The summed E-state index contributed by atoms with van der Waals surface area (Å²) in [6.45, 7) is 3.26. The number of ether oxygens (including phenoxy) is 1. The SMILES string of the molecule is CCC(=O)N1CCC(NC(=O)c2ccc(N)c(OC)c2)CC1. The number of carbonyl (C=O) groups is 2. The molecule has 2 amide bonds. The number of hydrogen-bond acceptors (Lipinski definition) is 4. The number of piperidine rings is 1. The summed E-state index contributed by atoms with van der Waals surface area (Å²) in [7, 11) is 1.52. The lowest BCUT2D eigenvalue weighted by Crippen LogP contribution is -2.46. The smallest absolute Gasteiger partial charge is 0.251 e. The quantitative estimate of drug-likeness (QED) is 0.824. The summed E-state index contributed by atoms with van der Waals surface area (Å²) in [4.78, 5) is 25.8. The summed E-state index contributed by atoms with van der Waals surface area (Å²) in [5.74, 6) is 0.530. The Kier molecular flexibility index (Phi) is 5.25. The lowest BCUT2D eigenvalue weighted by Gasteiger charge is -2.32. The molecule has 22 heavy (non-hydrogen) atoms. The van der Waals surface area contributed by atoms with E-state index < -0.39 is 0 Å². The molecular weight excluding hydrogens is 282 g/mol. The van der Waals surface area contributed by atoms with E-state index in [1.807, 2.05) is 11.8 Å². The molecule has 0 atom stereocenters. The van der Waals surface area contributed by atoms with Gasteiger partial charge in [0.05, 0.1) is 12.8 Å². The molecule has 3 N–H and O–H groups in total. The summed E-state index contributed by atoms with van der Waals surface area (Å²) in [6.07, 6.45) is 2.09. The van der Waals surface area contributed by atoms with Gasteiger partial charge in [-0.2, -0.15) is 0 Å². The van der Waals surface area contributed by atoms with Gasteiger partial charge in [-0.25, -0.2) is 0 Å². The fourth-order valence-corrected chi connectivity index (χ4v) is 2.62. The molecule has 1 aliphatic rings. The van der Waals surface area contributed by atoms with Crippen molar-refractivity contribution in [2.75, 3.05) is 25.9 Å². The number of nitrogen functional groups attached to an aromatic ring is 1. The van der Waals surface area contributed by atoms with Gasteiger partial charge in [-0.1, -0.05) is 6.92 Å². The second-order valence-corrected chi connectivity index (χ2v) is 5.44. The van der Waals surface area contributed by atoms with Crippen LogP contribution in [0.2, 0.25) is 0 Å². The number of rotatable bonds is 4. The second kappa shape index (κ2) is 7.15. The Morgan fingerprint density at radius 1 is 1.36 bits per heavy atom. The van der Waals surface area contributed by atoms with E-state index in [4.69, 9.17) is 10.5 Å². The van der Waals surface area contributed by atoms with Crippen molar-refractivity contribution in [3.05, 3.63) is 23.8 Å². The Bertz CT molecular complexity index is 552. The van der Waals surface area contributed by atoms with Gasteiger partial charge in [0.1, 0.15) is 5.75 Å². The maximum absolute atomic E-state index is 12.3. The molecule has 0 aromatic heterocycles. The van der Waals surface area contributed by atoms with Crippen LogP contribution >= 0.6 is 0 Å². The van der Waals surface area contributed by atoms with Crippen LogP contribution in [-0.2, 0) is 4.79 Å². The Labute approximate surface area is 130 Å². The molecule has 0 bridgehead atoms. The maximum atomic E-state index is 12.3. The van der Waals surface area contributed by atoms with E-state index in [0.29, 0.717) is 36.5 Å². The first-order chi connectivity index (χ1) is 10.5. The van der Waals surface area contributed by atoms with Gasteiger partial charge < -0.3 is 20.7 Å². The lowest BCUT2D eigenvalue weighted by atomic mass is 10.0. The summed E-state index contributed by atoms with van der Waals surface area (Å²) in [5.41, 5.74) is 6.78. The number of amides is 2. The molecule has 1 aromatic carbocycles. The maximum Gasteiger partial charge on any atom is 0.251 e. The van der Waals surface area contributed by atoms with E-state index in [2.05, 4.69) is 5.32 Å². The number of nitrogens with two attached hydrogens (primary N) is 1. The van der Waals surface area contributed by atoms with Crippen molar-refractivity contribution in [3.63, 3.8) is 0 Å². The fraction of sp³-hybridized carbons (Fsp3) is 0.500. The minimum atomic E-state index is -0.140. The van der Waals surface area contributed by atoms with Gasteiger partial charge in [0.15, 0.2) is 0 Å². The van der Waals surface area contributed by atoms with Crippen LogP contribution < -0.4 is 15.8 Å². The normalized spacial score (nSPS) is 15.5. The standard InChI is InChI=1S/C16H23N3O3/c1-3-15(20)19-8-6-12(7-9-19)18-16(21)11-4-5-13(17)14(10-11)22-2/h4-5,10,12H,3,6-9,17H2,1-2H3,(H,18,21). The van der Waals surface area contributed by atoms with Gasteiger partial charge in [-0.05, 0) is 31.0 Å². The molecule has 0 saturated carbocycles. The van der Waals surface area contributed by atoms with Gasteiger partial charge in [0.25, 0.3) is 5.91 Å². The first-order valence-corrected chi connectivity index (χ1v) is 7.57. The number of methoxy groups -OCH3 is 1. The molecule has 2 rings (SSSR count). The highest BCUT2D eigenvalue weighted by atomic mass is 16.5. The van der Waals surface area contributed by atoms with E-state index in [1.165, 1.54) is 7.11 Å². The van der Waals surface area contributed by atoms with Crippen molar-refractivity contribution in [1.29, 1.82) is 0 Å². The second-order valence-electron chi connectivity index (χ2n) is 5.44. The van der Waals surface area contributed by atoms with Crippen molar-refractivity contribution in [1.82, 2.24) is 10.2 Å². The van der Waals surface area contributed by atoms with Crippen molar-refractivity contribution in [3.8, 4) is 5.75 Å². The summed E-state index contributed by atoms with van der Waals surface area (Å²) in [6, 6.07) is 5.08. The van der Waals surface area contributed by atoms with Crippen LogP contribution in [-0.4, -0.2) is 43.0 Å². The fourth-order valence-electron chi connectivity index (χ4n) is 2.62. The zero-order valence-corrected chi connectivity index (χ0v) is 13.1. The molecule has 1 heterocycles. The molecule has 1 saturated heterocycles. The van der Waals surface area contributed by atoms with E-state index >= 15 is 0 Å². The molecule has 1 aromatic rings. The van der Waals surface area contributed by atoms with Gasteiger partial charge in [-0.3, -0.25) is 9.59 Å². The van der Waals surface area contributed by atoms with Gasteiger partial charge in [0, 0.05) is 31.1 Å². The molecule has 0 spiro atoms. The number of nitrogens with one attached hydrogen (secondary N) is 1. The third-order valence-electron chi connectivity index (χ3n) is 3.98. The molecule has 6 heteroatoms. The number of nitrogens with zero attached hydrogens (tertiary/aromatic N) is 1. The third-order valence-corrected chi connectivity index (χ3v) is 3.98. The predicted molar refractivity (Wildman–Crippen MR) is 84.8 cm³/mol. The van der Waals surface area contributed by atoms with Crippen molar-refractivity contribution < 1.29 is 14.3 Å². The Balaban J connectivity index is 1.92. The highest BCUT2D eigenvalue weighted by Crippen LogP contribution is 2.22. The summed E-state index contributed by atoms with van der Waals surface area (Å²) >= 11 is 0. The summed E-state index contributed by atoms with van der Waals surface area (Å²) in [5, 5.41) is 3.01. The van der Waals surface area contributed by atoms with Crippen LogP contribution in [0.4, 0.5) is 5.69 Å². The highest BCUT2D eigenvalue weighted by Gasteiger charge is 2.23. The lowest BCUT2D eigenvalue weighted by molar-refractivity contribution is -0.131. The van der Waals surface area contributed by atoms with Crippen LogP contribution in [0.25, 0.3) is 0 Å². The molecule has 6 nitrogen and oxygen atoms in total. The molecule has 0 unspecified atom stereocenters. The monoisotopic (exact) mass is 305 g/mol. The minimum Gasteiger partial charge on any atom is -0.495 e. The Morgan fingerprint density at radius 2 is 2.05 bits per heavy atom. The third kappa shape index (κ3) is 3.69. The molecule has 1 aliphatic heterocycles. The highest BCUT2D eigenvalue weighted by molar-refractivity contribution is 5.95. The van der Waals surface area contributed by atoms with Crippen LogP contribution in [0, 0.1) is 0 Å². The van der Waals surface area contributed by atoms with E-state index in [9.17, 15) is 9.59 Å². The zero-order chi connectivity index (χ0) is 16.1. The van der Waals surface area contributed by atoms with Gasteiger partial charge in [0.2, 0.25) is 5.91 Å². The topological polar surface area (TPSA) is 84.7 Å². The zero-order valence-electron chi connectivity index (χ0n) is 13.1. The van der Waals surface area contributed by atoms with E-state index in [1.54, 1.807) is 18.2 Å². The number of benzene rings is 1. The van der Waals surface area contributed by atoms with Crippen molar-refractivity contribution >= 4 is 17.5 Å². The molecular formula is C16H23N3O3.